The number of benzene rings is 4. The predicted octanol–water partition coefficient (Wildman–Crippen LogP) is 7.48. The molecule has 0 spiro atoms. The average molecular weight is 623 g/mol. The Morgan fingerprint density at radius 3 is 2.49 bits per heavy atom. The van der Waals surface area contributed by atoms with E-state index < -0.39 is 0 Å². The fourth-order valence-electron chi connectivity index (χ4n) is 5.08. The highest BCUT2D eigenvalue weighted by Crippen LogP contribution is 2.29. The van der Waals surface area contributed by atoms with Crippen LogP contribution in [-0.2, 0) is 6.54 Å². The van der Waals surface area contributed by atoms with Gasteiger partial charge >= 0.3 is 0 Å². The molecule has 0 amide bonds. The van der Waals surface area contributed by atoms with E-state index in [4.69, 9.17) is 9.72 Å². The SMILES string of the molecule is COc1cccc(-n2c(/C=C/c3c(C)n(Cc4ccccc4)c4ccccc34)nc3ccc(I)cc3c2=O)c1. The Bertz CT molecular complexity index is 1920. The quantitative estimate of drug-likeness (QED) is 0.181. The monoisotopic (exact) mass is 623 g/mol. The fourth-order valence-corrected chi connectivity index (χ4v) is 5.57. The molecular formula is C33H26IN3O2. The Hall–Kier alpha value is -4.17. The Labute approximate surface area is 240 Å². The minimum Gasteiger partial charge on any atom is -0.497 e. The van der Waals surface area contributed by atoms with Crippen LogP contribution in [0.4, 0.5) is 0 Å². The molecule has 192 valence electrons. The maximum absolute atomic E-state index is 13.8. The molecule has 0 saturated carbocycles. The van der Waals surface area contributed by atoms with E-state index in [2.05, 4.69) is 88.7 Å². The van der Waals surface area contributed by atoms with Gasteiger partial charge in [0, 0.05) is 38.3 Å². The highest BCUT2D eigenvalue weighted by atomic mass is 127. The summed E-state index contributed by atoms with van der Waals surface area (Å²) in [4.78, 5) is 18.8. The van der Waals surface area contributed by atoms with Crippen LogP contribution in [0.3, 0.4) is 0 Å². The zero-order valence-corrected chi connectivity index (χ0v) is 23.8. The number of nitrogens with zero attached hydrogens (tertiary/aromatic N) is 3. The molecule has 0 aliphatic rings. The highest BCUT2D eigenvalue weighted by molar-refractivity contribution is 14.1. The summed E-state index contributed by atoms with van der Waals surface area (Å²) in [6.07, 6.45) is 4.02. The van der Waals surface area contributed by atoms with Crippen LogP contribution in [0.2, 0.25) is 0 Å². The molecule has 4 aromatic carbocycles. The summed E-state index contributed by atoms with van der Waals surface area (Å²) >= 11 is 2.22. The first-order chi connectivity index (χ1) is 19.0. The van der Waals surface area contributed by atoms with Crippen molar-refractivity contribution in [3.63, 3.8) is 0 Å². The van der Waals surface area contributed by atoms with E-state index in [-0.39, 0.29) is 5.56 Å². The zero-order chi connectivity index (χ0) is 26.9. The van der Waals surface area contributed by atoms with Gasteiger partial charge in [-0.05, 0) is 83.6 Å². The minimum absolute atomic E-state index is 0.116. The summed E-state index contributed by atoms with van der Waals surface area (Å²) in [5, 5.41) is 1.74. The van der Waals surface area contributed by atoms with E-state index in [1.54, 1.807) is 11.7 Å². The van der Waals surface area contributed by atoms with Gasteiger partial charge in [0.2, 0.25) is 0 Å². The zero-order valence-electron chi connectivity index (χ0n) is 21.6. The Balaban J connectivity index is 1.54. The molecule has 0 radical (unpaired) electrons. The number of para-hydroxylation sites is 1. The van der Waals surface area contributed by atoms with Gasteiger partial charge in [-0.25, -0.2) is 4.98 Å². The molecule has 0 aliphatic carbocycles. The molecule has 0 saturated heterocycles. The first-order valence-electron chi connectivity index (χ1n) is 12.7. The van der Waals surface area contributed by atoms with Gasteiger partial charge in [-0.1, -0.05) is 54.6 Å². The second-order valence-corrected chi connectivity index (χ2v) is 10.6. The summed E-state index contributed by atoms with van der Waals surface area (Å²) < 4.78 is 10.4. The molecule has 0 aliphatic heterocycles. The van der Waals surface area contributed by atoms with Gasteiger partial charge in [0.05, 0.1) is 23.7 Å². The summed E-state index contributed by atoms with van der Waals surface area (Å²) in [6.45, 7) is 2.93. The van der Waals surface area contributed by atoms with Gasteiger partial charge in [-0.3, -0.25) is 9.36 Å². The van der Waals surface area contributed by atoms with Gasteiger partial charge in [-0.2, -0.15) is 0 Å². The van der Waals surface area contributed by atoms with Crippen LogP contribution >= 0.6 is 22.6 Å². The second kappa shape index (κ2) is 10.5. The standard InChI is InChI=1S/C33H26IN3O2/c1-22-27(28-13-6-7-14-31(28)36(22)21-23-9-4-3-5-10-23)16-18-32-35-30-17-15-24(34)19-29(30)33(38)37(32)25-11-8-12-26(20-25)39-2/h3-20H,21H2,1-2H3/b18-16+. The number of hydrogen-bond acceptors (Lipinski definition) is 3. The van der Waals surface area contributed by atoms with Gasteiger partial charge in [-0.15, -0.1) is 0 Å². The molecule has 0 bridgehead atoms. The predicted molar refractivity (Wildman–Crippen MR) is 168 cm³/mol. The number of hydrogen-bond donors (Lipinski definition) is 0. The molecular weight excluding hydrogens is 597 g/mol. The van der Waals surface area contributed by atoms with Crippen LogP contribution in [0.5, 0.6) is 5.75 Å². The minimum atomic E-state index is -0.116. The van der Waals surface area contributed by atoms with Gasteiger partial charge in [0.25, 0.3) is 5.56 Å². The maximum atomic E-state index is 13.8. The second-order valence-electron chi connectivity index (χ2n) is 9.39. The summed E-state index contributed by atoms with van der Waals surface area (Å²) in [5.41, 5.74) is 5.93. The van der Waals surface area contributed by atoms with E-state index >= 15 is 0 Å². The van der Waals surface area contributed by atoms with E-state index in [0.717, 1.165) is 26.8 Å². The third-order valence-electron chi connectivity index (χ3n) is 7.03. The van der Waals surface area contributed by atoms with Crippen LogP contribution in [0, 0.1) is 10.5 Å². The van der Waals surface area contributed by atoms with Crippen molar-refractivity contribution >= 4 is 56.5 Å². The summed E-state index contributed by atoms with van der Waals surface area (Å²) in [5.74, 6) is 1.23. The molecule has 6 heteroatoms. The first kappa shape index (κ1) is 25.1. The van der Waals surface area contributed by atoms with Crippen molar-refractivity contribution in [2.24, 2.45) is 0 Å². The third-order valence-corrected chi connectivity index (χ3v) is 7.70. The van der Waals surface area contributed by atoms with Crippen LogP contribution in [0.1, 0.15) is 22.6 Å². The van der Waals surface area contributed by atoms with Gasteiger partial charge in [0.1, 0.15) is 11.6 Å². The molecule has 6 rings (SSSR count). The smallest absolute Gasteiger partial charge is 0.266 e. The van der Waals surface area contributed by atoms with Crippen molar-refractivity contribution in [3.8, 4) is 11.4 Å². The molecule has 0 fully saturated rings. The Morgan fingerprint density at radius 2 is 1.67 bits per heavy atom. The van der Waals surface area contributed by atoms with Crippen molar-refractivity contribution in [1.29, 1.82) is 0 Å². The first-order valence-corrected chi connectivity index (χ1v) is 13.8. The Morgan fingerprint density at radius 1 is 0.872 bits per heavy atom. The van der Waals surface area contributed by atoms with E-state index in [1.807, 2.05) is 54.6 Å². The van der Waals surface area contributed by atoms with Crippen LogP contribution in [-0.4, -0.2) is 21.2 Å². The van der Waals surface area contributed by atoms with Crippen molar-refractivity contribution in [3.05, 3.63) is 134 Å². The van der Waals surface area contributed by atoms with Crippen molar-refractivity contribution in [2.75, 3.05) is 7.11 Å². The number of aromatic nitrogens is 3. The van der Waals surface area contributed by atoms with E-state index in [1.165, 1.54) is 11.1 Å². The Kier molecular flexibility index (Phi) is 6.79. The molecule has 0 N–H and O–H groups in total. The normalized spacial score (nSPS) is 11.6. The largest absolute Gasteiger partial charge is 0.497 e. The number of halogens is 1. The molecule has 0 atom stereocenters. The molecule has 39 heavy (non-hydrogen) atoms. The average Bonchev–Trinajstić information content (AvgIpc) is 3.23. The van der Waals surface area contributed by atoms with Crippen LogP contribution in [0.15, 0.2) is 102 Å². The number of ether oxygens (including phenoxy) is 1. The summed E-state index contributed by atoms with van der Waals surface area (Å²) in [6, 6.07) is 32.2. The van der Waals surface area contributed by atoms with E-state index in [9.17, 15) is 4.79 Å². The van der Waals surface area contributed by atoms with Crippen molar-refractivity contribution in [2.45, 2.75) is 13.5 Å². The highest BCUT2D eigenvalue weighted by Gasteiger charge is 2.15. The van der Waals surface area contributed by atoms with E-state index in [0.29, 0.717) is 28.2 Å². The van der Waals surface area contributed by atoms with Crippen molar-refractivity contribution in [1.82, 2.24) is 14.1 Å². The number of methoxy groups -OCH3 is 1. The number of fused-ring (bicyclic) bond motifs is 2. The van der Waals surface area contributed by atoms with Gasteiger partial charge < -0.3 is 9.30 Å². The van der Waals surface area contributed by atoms with Crippen LogP contribution in [0.25, 0.3) is 39.6 Å². The molecule has 0 unspecified atom stereocenters. The lowest BCUT2D eigenvalue weighted by Crippen LogP contribution is -2.22. The van der Waals surface area contributed by atoms with Crippen LogP contribution < -0.4 is 10.3 Å². The third kappa shape index (κ3) is 4.76. The molecule has 6 aromatic rings. The topological polar surface area (TPSA) is 49.0 Å². The summed E-state index contributed by atoms with van der Waals surface area (Å²) in [7, 11) is 1.62. The maximum Gasteiger partial charge on any atom is 0.266 e. The lowest BCUT2D eigenvalue weighted by atomic mass is 10.1. The lowest BCUT2D eigenvalue weighted by molar-refractivity contribution is 0.414. The lowest BCUT2D eigenvalue weighted by Gasteiger charge is -2.13. The molecule has 2 aromatic heterocycles. The van der Waals surface area contributed by atoms with Gasteiger partial charge in [0.15, 0.2) is 0 Å². The number of rotatable bonds is 6. The van der Waals surface area contributed by atoms with Crippen molar-refractivity contribution < 1.29 is 4.74 Å². The molecule has 5 nitrogen and oxygen atoms in total. The molecule has 2 heterocycles. The fraction of sp³-hybridized carbons (Fsp3) is 0.0909.